The first-order valence-corrected chi connectivity index (χ1v) is 9.74. The molecule has 13 unspecified atom stereocenters. The molecule has 8 rings (SSSR count). The van der Waals surface area contributed by atoms with E-state index >= 15 is 0 Å². The van der Waals surface area contributed by atoms with E-state index in [0.29, 0.717) is 0 Å². The van der Waals surface area contributed by atoms with E-state index in [1.165, 1.54) is 25.2 Å². The Hall–Kier alpha value is -0.300. The summed E-state index contributed by atoms with van der Waals surface area (Å²) < 4.78 is 5.97. The van der Waals surface area contributed by atoms with Crippen molar-refractivity contribution < 1.29 is 4.74 Å². The maximum Gasteiger partial charge on any atom is 0.0875 e. The lowest BCUT2D eigenvalue weighted by molar-refractivity contribution is -0.00296. The average Bonchev–Trinajstić information content (AvgIpc) is 3.15. The van der Waals surface area contributed by atoms with Crippen molar-refractivity contribution in [3.8, 4) is 0 Å². The van der Waals surface area contributed by atoms with E-state index in [-0.39, 0.29) is 0 Å². The van der Waals surface area contributed by atoms with Crippen LogP contribution in [0.2, 0.25) is 0 Å². The summed E-state index contributed by atoms with van der Waals surface area (Å²) >= 11 is 0. The van der Waals surface area contributed by atoms with Crippen LogP contribution in [0, 0.1) is 65.1 Å². The highest BCUT2D eigenvalue weighted by molar-refractivity contribution is 5.32. The summed E-state index contributed by atoms with van der Waals surface area (Å²) in [5.41, 5.74) is 1.94. The summed E-state index contributed by atoms with van der Waals surface area (Å²) in [5, 5.41) is 0. The lowest BCUT2D eigenvalue weighted by Gasteiger charge is -2.47. The van der Waals surface area contributed by atoms with Gasteiger partial charge in [-0.3, -0.25) is 0 Å². The number of rotatable bonds is 0. The Morgan fingerprint density at radius 1 is 0.810 bits per heavy atom. The number of fused-ring (bicyclic) bond motifs is 21. The number of epoxide rings is 1. The fourth-order valence-electron chi connectivity index (χ4n) is 10.1. The Morgan fingerprint density at radius 2 is 1.62 bits per heavy atom. The molecule has 1 aliphatic heterocycles. The van der Waals surface area contributed by atoms with Crippen LogP contribution in [-0.4, -0.2) is 12.2 Å². The van der Waals surface area contributed by atoms with E-state index in [0.717, 1.165) is 71.4 Å². The maximum atomic E-state index is 5.97. The molecule has 0 aromatic heterocycles. The number of hydrogen-bond donors (Lipinski definition) is 0. The molecular weight excluding hydrogens is 256 g/mol. The van der Waals surface area contributed by atoms with Crippen molar-refractivity contribution in [3.63, 3.8) is 0 Å². The van der Waals surface area contributed by atoms with Gasteiger partial charge in [0.15, 0.2) is 0 Å². The van der Waals surface area contributed by atoms with Crippen molar-refractivity contribution in [2.75, 3.05) is 0 Å². The van der Waals surface area contributed by atoms with Gasteiger partial charge in [0, 0.05) is 0 Å². The van der Waals surface area contributed by atoms with Crippen LogP contribution < -0.4 is 0 Å². The fourth-order valence-corrected chi connectivity index (χ4v) is 10.1. The van der Waals surface area contributed by atoms with Crippen molar-refractivity contribution in [2.24, 2.45) is 65.1 Å². The second kappa shape index (κ2) is 2.90. The Labute approximate surface area is 126 Å². The first kappa shape index (κ1) is 10.5. The molecule has 7 fully saturated rings. The first-order chi connectivity index (χ1) is 10.4. The minimum Gasteiger partial charge on any atom is -0.369 e. The van der Waals surface area contributed by atoms with Gasteiger partial charge in [-0.25, -0.2) is 0 Å². The van der Waals surface area contributed by atoms with Gasteiger partial charge in [0.1, 0.15) is 0 Å². The topological polar surface area (TPSA) is 12.5 Å². The molecule has 0 radical (unpaired) electrons. The van der Waals surface area contributed by atoms with Gasteiger partial charge in [0.25, 0.3) is 0 Å². The zero-order valence-electron chi connectivity index (χ0n) is 12.5. The quantitative estimate of drug-likeness (QED) is 0.376. The Kier molecular flexibility index (Phi) is 1.45. The minimum atomic E-state index is 0.722. The van der Waals surface area contributed by atoms with Gasteiger partial charge in [-0.1, -0.05) is 11.6 Å². The molecule has 7 aliphatic carbocycles. The summed E-state index contributed by atoms with van der Waals surface area (Å²) in [5.74, 6) is 12.3. The molecule has 1 saturated heterocycles. The van der Waals surface area contributed by atoms with Gasteiger partial charge < -0.3 is 4.74 Å². The molecule has 0 amide bonds. The summed E-state index contributed by atoms with van der Waals surface area (Å²) in [6.45, 7) is 0. The molecule has 21 heavy (non-hydrogen) atoms. The molecule has 110 valence electrons. The van der Waals surface area contributed by atoms with E-state index < -0.39 is 0 Å². The van der Waals surface area contributed by atoms with Crippen LogP contribution in [0.5, 0.6) is 0 Å². The molecule has 0 N–H and O–H groups in total. The van der Waals surface area contributed by atoms with Crippen LogP contribution in [0.25, 0.3) is 0 Å². The molecule has 0 aromatic rings. The highest BCUT2D eigenvalue weighted by Gasteiger charge is 2.76. The van der Waals surface area contributed by atoms with Crippen LogP contribution >= 0.6 is 0 Å². The van der Waals surface area contributed by atoms with E-state index in [1.807, 2.05) is 5.57 Å². The van der Waals surface area contributed by atoms with E-state index in [4.69, 9.17) is 4.74 Å². The molecule has 1 heteroatoms. The second-order valence-corrected chi connectivity index (χ2v) is 9.98. The molecule has 1 nitrogen and oxygen atoms in total. The fraction of sp³-hybridized carbons (Fsp3) is 0.900. The first-order valence-electron chi connectivity index (χ1n) is 9.74. The smallest absolute Gasteiger partial charge is 0.0875 e. The van der Waals surface area contributed by atoms with Crippen molar-refractivity contribution in [2.45, 2.75) is 44.3 Å². The standard InChI is InChI=1S/C20H24O/c1-2-8-3-7(1)15-11-5-12(16(8)15)18-13-4-9(17(11)18)10-6-14-20(21-14)19(10)13/h1,8-20H,2-6H2. The lowest BCUT2D eigenvalue weighted by Crippen LogP contribution is -2.44. The Bertz CT molecular complexity index is 607. The third kappa shape index (κ3) is 0.902. The second-order valence-electron chi connectivity index (χ2n) is 9.98. The maximum absolute atomic E-state index is 5.97. The SMILES string of the molecule is C1=C2CC(C1)C1C3CC(C21)C1C2CC(C4C2CC2OC24)C31. The van der Waals surface area contributed by atoms with E-state index in [1.54, 1.807) is 12.8 Å². The summed E-state index contributed by atoms with van der Waals surface area (Å²) in [6.07, 6.45) is 11.8. The zero-order chi connectivity index (χ0) is 13.0. The molecule has 6 bridgehead atoms. The summed E-state index contributed by atoms with van der Waals surface area (Å²) in [7, 11) is 0. The van der Waals surface area contributed by atoms with E-state index in [9.17, 15) is 0 Å². The van der Waals surface area contributed by atoms with Gasteiger partial charge in [0.2, 0.25) is 0 Å². The van der Waals surface area contributed by atoms with Gasteiger partial charge in [-0.2, -0.15) is 0 Å². The minimum absolute atomic E-state index is 0.722. The molecule has 6 saturated carbocycles. The molecule has 1 heterocycles. The molecular formula is C20H24O. The molecule has 0 aromatic carbocycles. The van der Waals surface area contributed by atoms with Crippen LogP contribution in [0.1, 0.15) is 32.1 Å². The highest BCUT2D eigenvalue weighted by atomic mass is 16.6. The van der Waals surface area contributed by atoms with Gasteiger partial charge >= 0.3 is 0 Å². The Balaban J connectivity index is 1.27. The van der Waals surface area contributed by atoms with Crippen LogP contribution in [-0.2, 0) is 4.74 Å². The Morgan fingerprint density at radius 3 is 2.62 bits per heavy atom. The summed E-state index contributed by atoms with van der Waals surface area (Å²) in [6, 6.07) is 0. The molecule has 0 spiro atoms. The predicted molar refractivity (Wildman–Crippen MR) is 78.2 cm³/mol. The van der Waals surface area contributed by atoms with Crippen molar-refractivity contribution in [1.29, 1.82) is 0 Å². The van der Waals surface area contributed by atoms with Crippen molar-refractivity contribution >= 4 is 0 Å². The molecule has 13 atom stereocenters. The monoisotopic (exact) mass is 280 g/mol. The number of hydrogen-bond acceptors (Lipinski definition) is 1. The zero-order valence-corrected chi connectivity index (χ0v) is 12.5. The van der Waals surface area contributed by atoms with Gasteiger partial charge in [-0.15, -0.1) is 0 Å². The lowest BCUT2D eigenvalue weighted by atomic mass is 9.58. The average molecular weight is 280 g/mol. The normalized spacial score (nSPS) is 76.2. The largest absolute Gasteiger partial charge is 0.369 e. The summed E-state index contributed by atoms with van der Waals surface area (Å²) in [4.78, 5) is 0. The third-order valence-corrected chi connectivity index (χ3v) is 10.1. The van der Waals surface area contributed by atoms with E-state index in [2.05, 4.69) is 6.08 Å². The van der Waals surface area contributed by atoms with Crippen molar-refractivity contribution in [3.05, 3.63) is 11.6 Å². The third-order valence-electron chi connectivity index (χ3n) is 10.1. The highest BCUT2D eigenvalue weighted by Crippen LogP contribution is 2.79. The number of allylic oxidation sites excluding steroid dienone is 2. The van der Waals surface area contributed by atoms with Gasteiger partial charge in [-0.05, 0) is 97.2 Å². The number of ether oxygens (including phenoxy) is 1. The van der Waals surface area contributed by atoms with Crippen LogP contribution in [0.3, 0.4) is 0 Å². The van der Waals surface area contributed by atoms with Crippen LogP contribution in [0.4, 0.5) is 0 Å². The van der Waals surface area contributed by atoms with Crippen molar-refractivity contribution in [1.82, 2.24) is 0 Å². The van der Waals surface area contributed by atoms with Crippen LogP contribution in [0.15, 0.2) is 11.6 Å². The predicted octanol–water partition coefficient (Wildman–Crippen LogP) is 3.50. The molecule has 8 aliphatic rings. The van der Waals surface area contributed by atoms with Gasteiger partial charge in [0.05, 0.1) is 12.2 Å².